The Balaban J connectivity index is 0.000000821. The van der Waals surface area contributed by atoms with Gasteiger partial charge in [-0.3, -0.25) is 4.79 Å². The molecule has 0 radical (unpaired) electrons. The zero-order valence-electron chi connectivity index (χ0n) is 15.3. The lowest BCUT2D eigenvalue weighted by atomic mass is 9.74. The molecule has 1 aliphatic heterocycles. The molecule has 3 N–H and O–H groups in total. The van der Waals surface area contributed by atoms with Gasteiger partial charge in [0.05, 0.1) is 0 Å². The highest BCUT2D eigenvalue weighted by Gasteiger charge is 2.45. The molecule has 12 heteroatoms. The van der Waals surface area contributed by atoms with Gasteiger partial charge < -0.3 is 15.6 Å². The summed E-state index contributed by atoms with van der Waals surface area (Å²) in [7, 11) is 0. The van der Waals surface area contributed by atoms with E-state index < -0.39 is 35.3 Å². The van der Waals surface area contributed by atoms with Crippen molar-refractivity contribution in [3.63, 3.8) is 0 Å². The molecule has 1 fully saturated rings. The first-order valence-corrected chi connectivity index (χ1v) is 7.95. The molecule has 1 rings (SSSR count). The van der Waals surface area contributed by atoms with Crippen LogP contribution in [0, 0.1) is 5.92 Å². The van der Waals surface area contributed by atoms with Crippen molar-refractivity contribution in [1.29, 1.82) is 0 Å². The van der Waals surface area contributed by atoms with Gasteiger partial charge in [-0.05, 0) is 52.9 Å². The molecule has 1 amide bonds. The van der Waals surface area contributed by atoms with Gasteiger partial charge >= 0.3 is 24.2 Å². The quantitative estimate of drug-likeness (QED) is 0.621. The summed E-state index contributed by atoms with van der Waals surface area (Å²) in [6, 6.07) is 0. The number of nitrogens with one attached hydrogen (secondary N) is 1. The zero-order valence-corrected chi connectivity index (χ0v) is 15.3. The second-order valence-corrected chi connectivity index (χ2v) is 7.56. The molecule has 1 saturated heterocycles. The topological polar surface area (TPSA) is 89.9 Å². The van der Waals surface area contributed by atoms with Crippen molar-refractivity contribution < 1.29 is 46.2 Å². The molecule has 27 heavy (non-hydrogen) atoms. The van der Waals surface area contributed by atoms with E-state index in [0.717, 1.165) is 0 Å². The van der Waals surface area contributed by atoms with E-state index in [-0.39, 0.29) is 12.5 Å². The van der Waals surface area contributed by atoms with Gasteiger partial charge in [0, 0.05) is 17.6 Å². The van der Waals surface area contributed by atoms with Crippen molar-refractivity contribution in [3.05, 3.63) is 0 Å². The molecule has 1 heterocycles. The predicted octanol–water partition coefficient (Wildman–Crippen LogP) is 3.35. The Morgan fingerprint density at radius 3 is 1.67 bits per heavy atom. The minimum Gasteiger partial charge on any atom is -0.475 e. The fourth-order valence-electron chi connectivity index (χ4n) is 3.17. The van der Waals surface area contributed by atoms with E-state index in [1.807, 2.05) is 33.0 Å². The van der Waals surface area contributed by atoms with Crippen molar-refractivity contribution in [3.8, 4) is 0 Å². The van der Waals surface area contributed by atoms with Gasteiger partial charge in [-0.2, -0.15) is 31.4 Å². The van der Waals surface area contributed by atoms with Gasteiger partial charge in [0.15, 0.2) is 0 Å². The Hall–Kier alpha value is -1.56. The molecule has 1 aliphatic rings. The first kappa shape index (κ1) is 25.4. The van der Waals surface area contributed by atoms with Crippen LogP contribution >= 0.6 is 0 Å². The maximum atomic E-state index is 12.1. The number of amides is 1. The van der Waals surface area contributed by atoms with Crippen LogP contribution in [0.3, 0.4) is 0 Å². The third-order valence-corrected chi connectivity index (χ3v) is 4.06. The Kier molecular flexibility index (Phi) is 8.13. The molecule has 0 spiro atoms. The van der Waals surface area contributed by atoms with Gasteiger partial charge in [-0.25, -0.2) is 4.79 Å². The molecule has 0 aromatic carbocycles. The molecule has 0 bridgehead atoms. The number of carboxylic acids is 1. The molecule has 0 aliphatic carbocycles. The fourth-order valence-corrected chi connectivity index (χ4v) is 3.17. The van der Waals surface area contributed by atoms with Gasteiger partial charge in [0.1, 0.15) is 0 Å². The van der Waals surface area contributed by atoms with E-state index in [0.29, 0.717) is 19.3 Å². The average molecular weight is 410 g/mol. The Morgan fingerprint density at radius 1 is 1.00 bits per heavy atom. The average Bonchev–Trinajstić information content (AvgIpc) is 2.42. The van der Waals surface area contributed by atoms with Crippen molar-refractivity contribution in [2.24, 2.45) is 5.92 Å². The second kappa shape index (κ2) is 8.63. The number of aliphatic carboxylic acids is 1. The molecule has 0 aromatic rings. The first-order chi connectivity index (χ1) is 11.8. The van der Waals surface area contributed by atoms with E-state index in [4.69, 9.17) is 9.90 Å². The molecule has 0 atom stereocenters. The highest BCUT2D eigenvalue weighted by Crippen LogP contribution is 2.40. The second-order valence-electron chi connectivity index (χ2n) is 7.56. The van der Waals surface area contributed by atoms with Gasteiger partial charge in [0.25, 0.3) is 0 Å². The van der Waals surface area contributed by atoms with Crippen molar-refractivity contribution in [1.82, 2.24) is 10.4 Å². The largest absolute Gasteiger partial charge is 0.490 e. The van der Waals surface area contributed by atoms with E-state index in [1.54, 1.807) is 0 Å². The number of hydrogen-bond acceptors (Lipinski definition) is 4. The van der Waals surface area contributed by atoms with Crippen molar-refractivity contribution in [2.75, 3.05) is 6.54 Å². The van der Waals surface area contributed by atoms with Crippen LogP contribution in [-0.4, -0.2) is 57.2 Å². The summed E-state index contributed by atoms with van der Waals surface area (Å²) in [5.41, 5.74) is -0.860. The van der Waals surface area contributed by atoms with E-state index >= 15 is 0 Å². The molecular formula is C15H24F6N2O4. The zero-order chi connectivity index (χ0) is 21.8. The summed E-state index contributed by atoms with van der Waals surface area (Å²) >= 11 is 0. The summed E-state index contributed by atoms with van der Waals surface area (Å²) in [5, 5.41) is 20.5. The van der Waals surface area contributed by atoms with Crippen LogP contribution in [-0.2, 0) is 9.59 Å². The van der Waals surface area contributed by atoms with Crippen LogP contribution in [0.5, 0.6) is 0 Å². The number of rotatable bonds is 3. The minimum atomic E-state index is -5.08. The summed E-state index contributed by atoms with van der Waals surface area (Å²) in [6.45, 7) is 7.59. The minimum absolute atomic E-state index is 0.000594. The normalized spacial score (nSPS) is 20.4. The number of piperidine rings is 1. The Labute approximate surface area is 152 Å². The van der Waals surface area contributed by atoms with Crippen LogP contribution in [0.2, 0.25) is 0 Å². The van der Waals surface area contributed by atoms with Crippen LogP contribution in [0.25, 0.3) is 0 Å². The number of halogens is 6. The van der Waals surface area contributed by atoms with Gasteiger partial charge in [-0.15, -0.1) is 0 Å². The number of hydroxylamine groups is 2. The standard InChI is InChI=1S/C13H23F3N2O2.C2HF3O2/c1-11(2)7-9(8-12(3,4)18(11)20)5-6-17-10(19)13(14,15)16;3-2(4,5)1(6)7/h9,20H,5-8H2,1-4H3,(H,17,19);(H,6,7). The molecule has 6 nitrogen and oxygen atoms in total. The number of nitrogens with zero attached hydrogens (tertiary/aromatic N) is 1. The van der Waals surface area contributed by atoms with Gasteiger partial charge in [-0.1, -0.05) is 0 Å². The number of alkyl halides is 6. The summed E-state index contributed by atoms with van der Waals surface area (Å²) in [4.78, 5) is 19.6. The maximum absolute atomic E-state index is 12.1. The lowest BCUT2D eigenvalue weighted by Crippen LogP contribution is -2.59. The molecule has 160 valence electrons. The lowest BCUT2D eigenvalue weighted by molar-refractivity contribution is -0.251. The summed E-state index contributed by atoms with van der Waals surface area (Å²) in [6.07, 6.45) is -8.08. The van der Waals surface area contributed by atoms with Crippen LogP contribution in [0.4, 0.5) is 26.3 Å². The van der Waals surface area contributed by atoms with Crippen molar-refractivity contribution in [2.45, 2.75) is 70.4 Å². The Bertz CT molecular complexity index is 513. The molecule has 0 aromatic heterocycles. The van der Waals surface area contributed by atoms with E-state index in [9.17, 15) is 36.3 Å². The van der Waals surface area contributed by atoms with Gasteiger partial charge in [0.2, 0.25) is 0 Å². The number of carbonyl (C=O) groups excluding carboxylic acids is 1. The number of carbonyl (C=O) groups is 2. The summed E-state index contributed by atoms with van der Waals surface area (Å²) < 4.78 is 67.9. The third-order valence-electron chi connectivity index (χ3n) is 4.06. The lowest BCUT2D eigenvalue weighted by Gasteiger charge is -2.51. The van der Waals surface area contributed by atoms with E-state index in [2.05, 4.69) is 0 Å². The molecule has 0 saturated carbocycles. The van der Waals surface area contributed by atoms with Crippen LogP contribution in [0.1, 0.15) is 47.0 Å². The number of hydrogen-bond donors (Lipinski definition) is 3. The monoisotopic (exact) mass is 410 g/mol. The van der Waals surface area contributed by atoms with Crippen LogP contribution in [0.15, 0.2) is 0 Å². The number of carboxylic acid groups (broad SMARTS) is 1. The SMILES string of the molecule is CC1(C)CC(CCNC(=O)C(F)(F)F)CC(C)(C)N1O.O=C(O)C(F)(F)F. The van der Waals surface area contributed by atoms with Crippen molar-refractivity contribution >= 4 is 11.9 Å². The van der Waals surface area contributed by atoms with E-state index in [1.165, 1.54) is 5.06 Å². The first-order valence-electron chi connectivity index (χ1n) is 7.95. The smallest absolute Gasteiger partial charge is 0.475 e. The highest BCUT2D eigenvalue weighted by atomic mass is 19.4. The summed E-state index contributed by atoms with van der Waals surface area (Å²) in [5.74, 6) is -4.49. The molecule has 0 unspecified atom stereocenters. The molecular weight excluding hydrogens is 386 g/mol. The van der Waals surface area contributed by atoms with Crippen LogP contribution < -0.4 is 5.32 Å². The third kappa shape index (κ3) is 8.33. The maximum Gasteiger partial charge on any atom is 0.490 e. The Morgan fingerprint density at radius 2 is 1.37 bits per heavy atom. The fraction of sp³-hybridized carbons (Fsp3) is 0.867. The predicted molar refractivity (Wildman–Crippen MR) is 81.9 cm³/mol. The highest BCUT2D eigenvalue weighted by molar-refractivity contribution is 5.81.